The fourth-order valence-electron chi connectivity index (χ4n) is 5.53. The molecule has 0 radical (unpaired) electrons. The molecule has 1 aliphatic heterocycles. The monoisotopic (exact) mass is 553 g/mol. The van der Waals surface area contributed by atoms with Crippen LogP contribution in [0, 0.1) is 0 Å². The van der Waals surface area contributed by atoms with Gasteiger partial charge in [0.05, 0.1) is 6.61 Å². The normalized spacial score (nSPS) is 15.8. The van der Waals surface area contributed by atoms with Crippen LogP contribution in [0.5, 0.6) is 11.5 Å². The summed E-state index contributed by atoms with van der Waals surface area (Å²) >= 11 is 0. The Labute approximate surface area is 242 Å². The smallest absolute Gasteiger partial charge is 0.305 e. The molecule has 1 unspecified atom stereocenters. The predicted octanol–water partition coefficient (Wildman–Crippen LogP) is 7.79. The van der Waals surface area contributed by atoms with E-state index in [9.17, 15) is 9.59 Å². The maximum atomic E-state index is 13.6. The highest BCUT2D eigenvalue weighted by Crippen LogP contribution is 2.47. The van der Waals surface area contributed by atoms with Crippen molar-refractivity contribution in [3.63, 3.8) is 0 Å². The van der Waals surface area contributed by atoms with Crippen molar-refractivity contribution in [2.24, 2.45) is 0 Å². The lowest BCUT2D eigenvalue weighted by atomic mass is 9.98. The molecule has 0 N–H and O–H groups in total. The van der Waals surface area contributed by atoms with E-state index in [1.54, 1.807) is 0 Å². The molecule has 3 aromatic carbocycles. The number of carbonyl (C=O) groups excluding carboxylic acids is 2. The average Bonchev–Trinajstić information content (AvgIpc) is 3.55. The van der Waals surface area contributed by atoms with Crippen molar-refractivity contribution >= 4 is 22.7 Å². The molecule has 0 amide bonds. The van der Waals surface area contributed by atoms with E-state index in [-0.39, 0.29) is 18.2 Å². The van der Waals surface area contributed by atoms with Gasteiger partial charge in [-0.1, -0.05) is 68.8 Å². The summed E-state index contributed by atoms with van der Waals surface area (Å²) in [6.45, 7) is 7.14. The van der Waals surface area contributed by atoms with Crippen LogP contribution >= 0.6 is 0 Å². The van der Waals surface area contributed by atoms with E-state index in [1.165, 1.54) is 5.56 Å². The van der Waals surface area contributed by atoms with E-state index in [1.807, 2.05) is 55.6 Å². The molecule has 0 aliphatic carbocycles. The molecule has 1 atom stereocenters. The fraction of sp³-hybridized carbons (Fsp3) is 0.371. The minimum atomic E-state index is -0.857. The van der Waals surface area contributed by atoms with Gasteiger partial charge in [-0.3, -0.25) is 9.59 Å². The second-order valence-electron chi connectivity index (χ2n) is 10.7. The van der Waals surface area contributed by atoms with Gasteiger partial charge >= 0.3 is 5.97 Å². The number of carbonyl (C=O) groups is 2. The van der Waals surface area contributed by atoms with Gasteiger partial charge in [-0.25, -0.2) is 0 Å². The van der Waals surface area contributed by atoms with E-state index in [0.29, 0.717) is 43.1 Å². The molecule has 1 aromatic heterocycles. The van der Waals surface area contributed by atoms with E-state index < -0.39 is 5.79 Å². The highest BCUT2D eigenvalue weighted by atomic mass is 16.7. The van der Waals surface area contributed by atoms with Crippen LogP contribution in [-0.2, 0) is 34.7 Å². The third-order valence-electron chi connectivity index (χ3n) is 7.76. The number of hydrogen-bond donors (Lipinski definition) is 0. The molecule has 6 heteroatoms. The van der Waals surface area contributed by atoms with Crippen molar-refractivity contribution in [3.8, 4) is 11.5 Å². The van der Waals surface area contributed by atoms with Gasteiger partial charge in [0, 0.05) is 54.0 Å². The van der Waals surface area contributed by atoms with Gasteiger partial charge in [-0.2, -0.15) is 0 Å². The first kappa shape index (κ1) is 28.5. The number of para-hydroxylation sites is 1. The maximum Gasteiger partial charge on any atom is 0.305 e. The van der Waals surface area contributed by atoms with Crippen LogP contribution in [0.2, 0.25) is 0 Å². The van der Waals surface area contributed by atoms with Crippen LogP contribution in [0.3, 0.4) is 0 Å². The average molecular weight is 554 g/mol. The number of aromatic nitrogens is 1. The summed E-state index contributed by atoms with van der Waals surface area (Å²) < 4.78 is 20.2. The minimum absolute atomic E-state index is 0.0385. The summed E-state index contributed by atoms with van der Waals surface area (Å²) in [5.74, 6) is 0.364. The van der Waals surface area contributed by atoms with Gasteiger partial charge in [0.15, 0.2) is 17.3 Å². The number of Topliss-reactive ketones (excluding diaryl/α,β-unsaturated/α-hetero) is 1. The molecular weight excluding hydrogens is 514 g/mol. The number of ether oxygens (including phenoxy) is 3. The van der Waals surface area contributed by atoms with E-state index in [0.717, 1.165) is 47.7 Å². The van der Waals surface area contributed by atoms with Crippen LogP contribution in [0.15, 0.2) is 72.9 Å². The number of aryl methyl sites for hydroxylation is 2. The number of unbranched alkanes of at least 4 members (excludes halogenated alkanes) is 1. The summed E-state index contributed by atoms with van der Waals surface area (Å²) in [5.41, 5.74) is 4.83. The summed E-state index contributed by atoms with van der Waals surface area (Å²) in [6, 6.07) is 22.2. The zero-order valence-corrected chi connectivity index (χ0v) is 24.3. The largest absolute Gasteiger partial charge is 0.466 e. The molecule has 0 saturated heterocycles. The molecule has 6 nitrogen and oxygen atoms in total. The number of nitrogens with zero attached hydrogens (tertiary/aromatic N) is 1. The fourth-order valence-corrected chi connectivity index (χ4v) is 5.53. The van der Waals surface area contributed by atoms with Crippen molar-refractivity contribution in [2.75, 3.05) is 6.61 Å². The molecular formula is C35H39NO5. The highest BCUT2D eigenvalue weighted by Gasteiger charge is 2.43. The van der Waals surface area contributed by atoms with Gasteiger partial charge in [0.25, 0.3) is 5.79 Å². The van der Waals surface area contributed by atoms with Gasteiger partial charge in [-0.05, 0) is 55.5 Å². The van der Waals surface area contributed by atoms with Crippen molar-refractivity contribution in [1.82, 2.24) is 4.57 Å². The maximum absolute atomic E-state index is 13.6. The van der Waals surface area contributed by atoms with E-state index >= 15 is 0 Å². The first-order valence-corrected chi connectivity index (χ1v) is 14.8. The van der Waals surface area contributed by atoms with Crippen LogP contribution in [0.4, 0.5) is 0 Å². The van der Waals surface area contributed by atoms with Crippen molar-refractivity contribution in [2.45, 2.75) is 78.0 Å². The third-order valence-corrected chi connectivity index (χ3v) is 7.76. The molecule has 0 saturated carbocycles. The zero-order chi connectivity index (χ0) is 28.8. The number of esters is 1. The lowest BCUT2D eigenvalue weighted by Gasteiger charge is -2.28. The lowest BCUT2D eigenvalue weighted by Crippen LogP contribution is -2.35. The molecule has 2 heterocycles. The summed E-state index contributed by atoms with van der Waals surface area (Å²) in [6.07, 6.45) is 6.90. The van der Waals surface area contributed by atoms with E-state index in [2.05, 4.69) is 42.7 Å². The number of benzene rings is 3. The van der Waals surface area contributed by atoms with Crippen LogP contribution in [-0.4, -0.2) is 22.9 Å². The van der Waals surface area contributed by atoms with Gasteiger partial charge in [0.1, 0.15) is 0 Å². The Morgan fingerprint density at radius 3 is 2.39 bits per heavy atom. The van der Waals surface area contributed by atoms with Crippen LogP contribution < -0.4 is 9.47 Å². The van der Waals surface area contributed by atoms with Gasteiger partial charge in [0.2, 0.25) is 0 Å². The van der Waals surface area contributed by atoms with Gasteiger partial charge < -0.3 is 18.8 Å². The number of fused-ring (bicyclic) bond motifs is 2. The first-order chi connectivity index (χ1) is 20.0. The first-order valence-electron chi connectivity index (χ1n) is 14.8. The Balaban J connectivity index is 1.34. The lowest BCUT2D eigenvalue weighted by molar-refractivity contribution is -0.143. The Kier molecular flexibility index (Phi) is 8.77. The van der Waals surface area contributed by atoms with Crippen molar-refractivity contribution in [1.29, 1.82) is 0 Å². The number of ketones is 1. The Bertz CT molecular complexity index is 1520. The predicted molar refractivity (Wildman–Crippen MR) is 161 cm³/mol. The summed E-state index contributed by atoms with van der Waals surface area (Å²) in [5, 5.41) is 0.920. The number of hydrogen-bond acceptors (Lipinski definition) is 5. The molecule has 1 aliphatic rings. The van der Waals surface area contributed by atoms with Crippen molar-refractivity contribution in [3.05, 3.63) is 95.2 Å². The van der Waals surface area contributed by atoms with Crippen molar-refractivity contribution < 1.29 is 23.8 Å². The Morgan fingerprint density at radius 1 is 0.878 bits per heavy atom. The second-order valence-corrected chi connectivity index (χ2v) is 10.7. The standard InChI is InChI=1S/C35H39NO5/c1-4-7-20-35(27-17-14-25(5-2)15-18-27)40-32-19-16-26(23-33(32)41-35)22-31(37)29-24-36(21-10-13-34(38)39-6-3)30-12-9-8-11-28(29)30/h8-9,11-12,14-19,23-24H,4-7,10,13,20-22H2,1-3H3. The van der Waals surface area contributed by atoms with Gasteiger partial charge in [-0.15, -0.1) is 0 Å². The molecule has 41 heavy (non-hydrogen) atoms. The number of rotatable bonds is 13. The SMILES string of the molecule is CCCCC1(c2ccc(CC)cc2)Oc2ccc(CC(=O)c3cn(CCCC(=O)OCC)c4ccccc34)cc2O1. The second kappa shape index (κ2) is 12.6. The quantitative estimate of drug-likeness (QED) is 0.125. The van der Waals surface area contributed by atoms with Crippen LogP contribution in [0.1, 0.15) is 79.9 Å². The summed E-state index contributed by atoms with van der Waals surface area (Å²) in [4.78, 5) is 25.4. The van der Waals surface area contributed by atoms with E-state index in [4.69, 9.17) is 14.2 Å². The molecule has 0 spiro atoms. The molecule has 214 valence electrons. The molecule has 0 bridgehead atoms. The highest BCUT2D eigenvalue weighted by molar-refractivity contribution is 6.08. The Morgan fingerprint density at radius 2 is 1.63 bits per heavy atom. The van der Waals surface area contributed by atoms with Crippen LogP contribution in [0.25, 0.3) is 10.9 Å². The molecule has 4 aromatic rings. The zero-order valence-electron chi connectivity index (χ0n) is 24.3. The Hall–Kier alpha value is -4.06. The topological polar surface area (TPSA) is 66.8 Å². The summed E-state index contributed by atoms with van der Waals surface area (Å²) in [7, 11) is 0. The molecule has 0 fully saturated rings. The third kappa shape index (κ3) is 6.17. The minimum Gasteiger partial charge on any atom is -0.466 e. The molecule has 5 rings (SSSR count).